The number of aromatic nitrogens is 1. The second-order valence-electron chi connectivity index (χ2n) is 3.67. The Labute approximate surface area is 116 Å². The van der Waals surface area contributed by atoms with Gasteiger partial charge in [-0.25, -0.2) is 4.39 Å². The molecule has 1 unspecified atom stereocenters. The van der Waals surface area contributed by atoms with E-state index >= 15 is 0 Å². The molecule has 0 amide bonds. The highest BCUT2D eigenvalue weighted by atomic mass is 79.9. The van der Waals surface area contributed by atoms with Crippen LogP contribution in [0.25, 0.3) is 0 Å². The molecule has 0 fully saturated rings. The van der Waals surface area contributed by atoms with Crippen LogP contribution in [0.3, 0.4) is 0 Å². The number of benzene rings is 1. The zero-order valence-corrected chi connectivity index (χ0v) is 12.1. The minimum absolute atomic E-state index is 0.0394. The second-order valence-corrected chi connectivity index (χ2v) is 5.63. The van der Waals surface area contributed by atoms with Crippen molar-refractivity contribution < 1.29 is 4.39 Å². The molecular formula is C13H10Br2FN. The van der Waals surface area contributed by atoms with E-state index in [2.05, 4.69) is 36.8 Å². The second kappa shape index (κ2) is 5.74. The van der Waals surface area contributed by atoms with E-state index in [9.17, 15) is 4.39 Å². The summed E-state index contributed by atoms with van der Waals surface area (Å²) in [6, 6.07) is 9.20. The van der Waals surface area contributed by atoms with Crippen LogP contribution in [-0.4, -0.2) is 4.98 Å². The summed E-state index contributed by atoms with van der Waals surface area (Å²) < 4.78 is 14.4. The minimum atomic E-state index is -0.205. The van der Waals surface area contributed by atoms with Gasteiger partial charge in [0.15, 0.2) is 0 Å². The summed E-state index contributed by atoms with van der Waals surface area (Å²) in [7, 11) is 0. The lowest BCUT2D eigenvalue weighted by molar-refractivity contribution is 0.601. The Morgan fingerprint density at radius 3 is 2.59 bits per heavy atom. The van der Waals surface area contributed by atoms with Crippen molar-refractivity contribution in [3.8, 4) is 0 Å². The Morgan fingerprint density at radius 1 is 1.18 bits per heavy atom. The number of hydrogen-bond donors (Lipinski definition) is 0. The number of rotatable bonds is 3. The van der Waals surface area contributed by atoms with Gasteiger partial charge in [-0.2, -0.15) is 0 Å². The van der Waals surface area contributed by atoms with E-state index in [1.807, 2.05) is 18.2 Å². The van der Waals surface area contributed by atoms with Crippen molar-refractivity contribution >= 4 is 31.9 Å². The normalized spacial score (nSPS) is 12.4. The molecule has 0 aliphatic carbocycles. The Hall–Kier alpha value is -0.740. The number of nitrogens with zero attached hydrogens (tertiary/aromatic N) is 1. The number of pyridine rings is 1. The minimum Gasteiger partial charge on any atom is -0.265 e. The summed E-state index contributed by atoms with van der Waals surface area (Å²) in [5.74, 6) is -0.205. The van der Waals surface area contributed by atoms with Crippen LogP contribution < -0.4 is 0 Å². The predicted molar refractivity (Wildman–Crippen MR) is 73.7 cm³/mol. The molecule has 0 saturated heterocycles. The molecule has 2 rings (SSSR count). The van der Waals surface area contributed by atoms with Crippen LogP contribution in [0.2, 0.25) is 0 Å². The van der Waals surface area contributed by atoms with Crippen molar-refractivity contribution in [1.82, 2.24) is 4.98 Å². The highest BCUT2D eigenvalue weighted by Gasteiger charge is 2.14. The largest absolute Gasteiger partial charge is 0.265 e. The van der Waals surface area contributed by atoms with E-state index < -0.39 is 0 Å². The molecule has 0 bridgehead atoms. The molecule has 0 saturated carbocycles. The van der Waals surface area contributed by atoms with Crippen molar-refractivity contribution in [2.45, 2.75) is 11.2 Å². The third kappa shape index (κ3) is 3.13. The molecule has 1 atom stereocenters. The third-order valence-electron chi connectivity index (χ3n) is 2.48. The molecule has 2 aromatic rings. The van der Waals surface area contributed by atoms with Crippen molar-refractivity contribution in [2.24, 2.45) is 0 Å². The molecule has 1 aromatic heterocycles. The van der Waals surface area contributed by atoms with Gasteiger partial charge in [-0.05, 0) is 46.1 Å². The average Bonchev–Trinajstić information content (AvgIpc) is 2.34. The first-order valence-corrected chi connectivity index (χ1v) is 6.86. The smallest absolute Gasteiger partial charge is 0.141 e. The van der Waals surface area contributed by atoms with Crippen LogP contribution in [0.5, 0.6) is 0 Å². The van der Waals surface area contributed by atoms with Crippen LogP contribution in [0.4, 0.5) is 4.39 Å². The van der Waals surface area contributed by atoms with Gasteiger partial charge in [-0.1, -0.05) is 28.1 Å². The molecule has 0 radical (unpaired) electrons. The van der Waals surface area contributed by atoms with E-state index in [1.165, 1.54) is 0 Å². The molecule has 1 aromatic carbocycles. The Kier molecular flexibility index (Phi) is 4.29. The molecule has 0 aliphatic rings. The molecule has 88 valence electrons. The first-order valence-electron chi connectivity index (χ1n) is 5.15. The van der Waals surface area contributed by atoms with Gasteiger partial charge in [-0.15, -0.1) is 0 Å². The molecule has 0 aliphatic heterocycles. The van der Waals surface area contributed by atoms with Crippen LogP contribution in [0, 0.1) is 5.82 Å². The topological polar surface area (TPSA) is 12.9 Å². The van der Waals surface area contributed by atoms with Gasteiger partial charge in [0, 0.05) is 22.8 Å². The maximum atomic E-state index is 13.9. The van der Waals surface area contributed by atoms with Crippen LogP contribution in [0.15, 0.2) is 47.2 Å². The van der Waals surface area contributed by atoms with Gasteiger partial charge in [0.1, 0.15) is 5.82 Å². The summed E-state index contributed by atoms with van der Waals surface area (Å²) in [6.45, 7) is 0. The van der Waals surface area contributed by atoms with E-state index in [0.29, 0.717) is 10.0 Å². The lowest BCUT2D eigenvalue weighted by Crippen LogP contribution is -1.99. The summed E-state index contributed by atoms with van der Waals surface area (Å²) in [5, 5.41) is 0. The van der Waals surface area contributed by atoms with Gasteiger partial charge < -0.3 is 0 Å². The average molecular weight is 359 g/mol. The van der Waals surface area contributed by atoms with Crippen molar-refractivity contribution in [2.75, 3.05) is 0 Å². The van der Waals surface area contributed by atoms with Gasteiger partial charge in [0.25, 0.3) is 0 Å². The first-order chi connectivity index (χ1) is 8.18. The SMILES string of the molecule is Fc1c(Br)cccc1C(Br)Cc1ccncc1. The van der Waals surface area contributed by atoms with E-state index in [-0.39, 0.29) is 10.6 Å². The monoisotopic (exact) mass is 357 g/mol. The summed E-state index contributed by atoms with van der Waals surface area (Å²) in [6.07, 6.45) is 4.22. The fraction of sp³-hybridized carbons (Fsp3) is 0.154. The quantitative estimate of drug-likeness (QED) is 0.727. The van der Waals surface area contributed by atoms with Gasteiger partial charge in [-0.3, -0.25) is 4.98 Å². The van der Waals surface area contributed by atoms with E-state index in [1.54, 1.807) is 24.5 Å². The lowest BCUT2D eigenvalue weighted by Gasteiger charge is -2.12. The zero-order valence-electron chi connectivity index (χ0n) is 8.91. The van der Waals surface area contributed by atoms with Crippen LogP contribution in [-0.2, 0) is 6.42 Å². The molecule has 17 heavy (non-hydrogen) atoms. The van der Waals surface area contributed by atoms with Gasteiger partial charge in [0.2, 0.25) is 0 Å². The zero-order chi connectivity index (χ0) is 12.3. The Balaban J connectivity index is 2.20. The van der Waals surface area contributed by atoms with Gasteiger partial charge >= 0.3 is 0 Å². The lowest BCUT2D eigenvalue weighted by atomic mass is 10.0. The number of halogens is 3. The fourth-order valence-electron chi connectivity index (χ4n) is 1.60. The highest BCUT2D eigenvalue weighted by Crippen LogP contribution is 2.31. The molecule has 0 spiro atoms. The van der Waals surface area contributed by atoms with Crippen molar-refractivity contribution in [3.05, 3.63) is 64.1 Å². The maximum Gasteiger partial charge on any atom is 0.141 e. The Morgan fingerprint density at radius 2 is 1.88 bits per heavy atom. The van der Waals surface area contributed by atoms with Crippen molar-refractivity contribution in [3.63, 3.8) is 0 Å². The van der Waals surface area contributed by atoms with Crippen LogP contribution >= 0.6 is 31.9 Å². The summed E-state index contributed by atoms with van der Waals surface area (Å²) in [5.41, 5.74) is 1.79. The maximum absolute atomic E-state index is 13.9. The molecule has 4 heteroatoms. The predicted octanol–water partition coefficient (Wildman–Crippen LogP) is 4.66. The number of hydrogen-bond acceptors (Lipinski definition) is 1. The van der Waals surface area contributed by atoms with Crippen LogP contribution in [0.1, 0.15) is 16.0 Å². The van der Waals surface area contributed by atoms with Crippen molar-refractivity contribution in [1.29, 1.82) is 0 Å². The summed E-state index contributed by atoms with van der Waals surface area (Å²) >= 11 is 6.72. The fourth-order valence-corrected chi connectivity index (χ4v) is 2.71. The van der Waals surface area contributed by atoms with E-state index in [4.69, 9.17) is 0 Å². The first kappa shape index (κ1) is 12.7. The Bertz CT molecular complexity index is 502. The standard InChI is InChI=1S/C13H10Br2FN/c14-11-3-1-2-10(13(11)16)12(15)8-9-4-6-17-7-5-9/h1-7,12H,8H2. The van der Waals surface area contributed by atoms with Gasteiger partial charge in [0.05, 0.1) is 4.47 Å². The number of alkyl halides is 1. The molecule has 0 N–H and O–H groups in total. The third-order valence-corrected chi connectivity index (χ3v) is 3.91. The molecule has 1 nitrogen and oxygen atoms in total. The van der Waals surface area contributed by atoms with E-state index in [0.717, 1.165) is 12.0 Å². The molecular weight excluding hydrogens is 349 g/mol. The summed E-state index contributed by atoms with van der Waals surface area (Å²) in [4.78, 5) is 3.92. The molecule has 1 heterocycles. The highest BCUT2D eigenvalue weighted by molar-refractivity contribution is 9.10.